The monoisotopic (exact) mass is 284 g/mol. The smallest absolute Gasteiger partial charge is 0.257 e. The Hall–Kier alpha value is -2.65. The lowest BCUT2D eigenvalue weighted by molar-refractivity contribution is 0.102. The minimum atomic E-state index is -0.263. The van der Waals surface area contributed by atoms with E-state index < -0.39 is 0 Å². The molecule has 21 heavy (non-hydrogen) atoms. The van der Waals surface area contributed by atoms with E-state index in [2.05, 4.69) is 27.2 Å². The first-order valence-corrected chi connectivity index (χ1v) is 6.62. The molecule has 1 amide bonds. The summed E-state index contributed by atoms with van der Waals surface area (Å²) in [6.45, 7) is 2.70. The molecule has 6 nitrogen and oxygen atoms in total. The first-order valence-electron chi connectivity index (χ1n) is 6.62. The van der Waals surface area contributed by atoms with Crippen LogP contribution in [0.5, 0.6) is 0 Å². The predicted octanol–water partition coefficient (Wildman–Crippen LogP) is 1.28. The highest BCUT2D eigenvalue weighted by atomic mass is 16.2. The van der Waals surface area contributed by atoms with E-state index in [1.165, 1.54) is 6.20 Å². The fraction of sp³-hybridized carbons (Fsp3) is 0.267. The molecule has 0 saturated heterocycles. The van der Waals surface area contributed by atoms with Crippen molar-refractivity contribution < 1.29 is 9.90 Å². The van der Waals surface area contributed by atoms with Crippen LogP contribution in [0.3, 0.4) is 0 Å². The molecule has 0 aliphatic rings. The molecule has 2 rings (SSSR count). The van der Waals surface area contributed by atoms with Crippen molar-refractivity contribution in [1.29, 1.82) is 0 Å². The highest BCUT2D eigenvalue weighted by Gasteiger charge is 2.11. The van der Waals surface area contributed by atoms with Gasteiger partial charge in [-0.2, -0.15) is 5.10 Å². The number of aromatic nitrogens is 3. The van der Waals surface area contributed by atoms with Gasteiger partial charge in [0, 0.05) is 31.6 Å². The van der Waals surface area contributed by atoms with Gasteiger partial charge in [-0.3, -0.25) is 14.5 Å². The van der Waals surface area contributed by atoms with Crippen molar-refractivity contribution in [2.24, 2.45) is 0 Å². The lowest BCUT2D eigenvalue weighted by Gasteiger charge is -2.04. The van der Waals surface area contributed by atoms with Gasteiger partial charge in [0.25, 0.3) is 5.91 Å². The van der Waals surface area contributed by atoms with E-state index in [1.807, 2.05) is 6.92 Å². The number of carbonyl (C=O) groups is 1. The largest absolute Gasteiger partial charge is 0.395 e. The van der Waals surface area contributed by atoms with Crippen LogP contribution in [0.15, 0.2) is 30.9 Å². The number of nitrogens with one attached hydrogen (secondary N) is 1. The molecular weight excluding hydrogens is 268 g/mol. The zero-order valence-electron chi connectivity index (χ0n) is 11.7. The first kappa shape index (κ1) is 14.8. The Balaban J connectivity index is 2.17. The van der Waals surface area contributed by atoms with E-state index in [0.29, 0.717) is 23.2 Å². The van der Waals surface area contributed by atoms with Gasteiger partial charge in [0.05, 0.1) is 29.6 Å². The average Bonchev–Trinajstić information content (AvgIpc) is 2.95. The number of hydrogen-bond acceptors (Lipinski definition) is 4. The zero-order chi connectivity index (χ0) is 15.1. The number of amides is 1. The Morgan fingerprint density at radius 1 is 1.48 bits per heavy atom. The SMILES string of the molecule is CCn1cc(NC(=O)c2ccncc2C#CCCO)cn1. The van der Waals surface area contributed by atoms with Crippen molar-refractivity contribution in [2.75, 3.05) is 11.9 Å². The Morgan fingerprint density at radius 2 is 2.33 bits per heavy atom. The molecule has 108 valence electrons. The standard InChI is InChI=1S/C15H16N4O2/c1-2-19-11-13(10-17-19)18-15(21)14-6-7-16-9-12(14)5-3-4-8-20/h6-7,9-11,20H,2,4,8H2,1H3,(H,18,21). The molecule has 0 unspecified atom stereocenters. The van der Waals surface area contributed by atoms with E-state index >= 15 is 0 Å². The van der Waals surface area contributed by atoms with Gasteiger partial charge >= 0.3 is 0 Å². The minimum Gasteiger partial charge on any atom is -0.395 e. The lowest BCUT2D eigenvalue weighted by Crippen LogP contribution is -2.13. The number of aliphatic hydroxyl groups excluding tert-OH is 1. The summed E-state index contributed by atoms with van der Waals surface area (Å²) in [5.41, 5.74) is 1.61. The molecule has 0 aliphatic heterocycles. The van der Waals surface area contributed by atoms with Crippen molar-refractivity contribution in [3.8, 4) is 11.8 Å². The van der Waals surface area contributed by atoms with Crippen LogP contribution >= 0.6 is 0 Å². The van der Waals surface area contributed by atoms with Crippen LogP contribution in [0.4, 0.5) is 5.69 Å². The third kappa shape index (κ3) is 3.91. The quantitative estimate of drug-likeness (QED) is 0.829. The summed E-state index contributed by atoms with van der Waals surface area (Å²) in [5, 5.41) is 15.6. The Morgan fingerprint density at radius 3 is 3.05 bits per heavy atom. The summed E-state index contributed by atoms with van der Waals surface area (Å²) in [6, 6.07) is 1.61. The number of pyridine rings is 1. The van der Waals surface area contributed by atoms with Crippen LogP contribution in [0.25, 0.3) is 0 Å². The number of carbonyl (C=O) groups excluding carboxylic acids is 1. The molecule has 2 aromatic rings. The molecule has 2 heterocycles. The first-order chi connectivity index (χ1) is 10.2. The molecule has 0 fully saturated rings. The Bertz CT molecular complexity index is 682. The van der Waals surface area contributed by atoms with Crippen molar-refractivity contribution in [1.82, 2.24) is 14.8 Å². The van der Waals surface area contributed by atoms with Gasteiger partial charge < -0.3 is 10.4 Å². The highest BCUT2D eigenvalue weighted by molar-refractivity contribution is 6.05. The molecule has 0 spiro atoms. The van der Waals surface area contributed by atoms with Gasteiger partial charge in [0.2, 0.25) is 0 Å². The maximum atomic E-state index is 12.3. The number of anilines is 1. The maximum Gasteiger partial charge on any atom is 0.257 e. The summed E-state index contributed by atoms with van der Waals surface area (Å²) in [6.07, 6.45) is 6.80. The number of hydrogen-bond donors (Lipinski definition) is 2. The van der Waals surface area contributed by atoms with Crippen molar-refractivity contribution in [3.05, 3.63) is 42.0 Å². The van der Waals surface area contributed by atoms with E-state index in [4.69, 9.17) is 5.11 Å². The summed E-state index contributed by atoms with van der Waals surface area (Å²) in [7, 11) is 0. The number of rotatable bonds is 4. The molecule has 0 bridgehead atoms. The summed E-state index contributed by atoms with van der Waals surface area (Å²) in [5.74, 6) is 5.37. The molecule has 0 saturated carbocycles. The zero-order valence-corrected chi connectivity index (χ0v) is 11.7. The van der Waals surface area contributed by atoms with Crippen molar-refractivity contribution in [3.63, 3.8) is 0 Å². The van der Waals surface area contributed by atoms with Crippen molar-refractivity contribution in [2.45, 2.75) is 19.9 Å². The molecule has 2 N–H and O–H groups in total. The summed E-state index contributed by atoms with van der Waals surface area (Å²) < 4.78 is 1.73. The van der Waals surface area contributed by atoms with Crippen LogP contribution in [-0.4, -0.2) is 32.4 Å². The third-order valence-electron chi connectivity index (χ3n) is 2.74. The lowest BCUT2D eigenvalue weighted by atomic mass is 10.1. The van der Waals surface area contributed by atoms with Crippen LogP contribution in [0, 0.1) is 11.8 Å². The molecule has 0 radical (unpaired) electrons. The Kier molecular flexibility index (Phi) is 5.07. The van der Waals surface area contributed by atoms with E-state index in [-0.39, 0.29) is 12.5 Å². The van der Waals surface area contributed by atoms with Crippen LogP contribution in [0.1, 0.15) is 29.3 Å². The van der Waals surface area contributed by atoms with Crippen LogP contribution in [0.2, 0.25) is 0 Å². The van der Waals surface area contributed by atoms with Gasteiger partial charge in [-0.05, 0) is 13.0 Å². The van der Waals surface area contributed by atoms with Crippen molar-refractivity contribution >= 4 is 11.6 Å². The minimum absolute atomic E-state index is 0.00893. The second-order valence-corrected chi connectivity index (χ2v) is 4.24. The van der Waals surface area contributed by atoms with Gasteiger partial charge in [-0.25, -0.2) is 0 Å². The van der Waals surface area contributed by atoms with E-state index in [1.54, 1.807) is 29.3 Å². The second-order valence-electron chi connectivity index (χ2n) is 4.24. The van der Waals surface area contributed by atoms with Crippen LogP contribution in [-0.2, 0) is 6.54 Å². The topological polar surface area (TPSA) is 80.0 Å². The second kappa shape index (κ2) is 7.22. The molecule has 0 aliphatic carbocycles. The fourth-order valence-corrected chi connectivity index (χ4v) is 1.71. The van der Waals surface area contributed by atoms with Gasteiger partial charge in [-0.1, -0.05) is 11.8 Å². The normalized spacial score (nSPS) is 9.81. The van der Waals surface area contributed by atoms with E-state index in [0.717, 1.165) is 6.54 Å². The van der Waals surface area contributed by atoms with Gasteiger partial charge in [0.15, 0.2) is 0 Å². The fourth-order valence-electron chi connectivity index (χ4n) is 1.71. The summed E-state index contributed by atoms with van der Waals surface area (Å²) >= 11 is 0. The van der Waals surface area contributed by atoms with Crippen LogP contribution < -0.4 is 5.32 Å². The molecule has 0 aromatic carbocycles. The molecule has 6 heteroatoms. The highest BCUT2D eigenvalue weighted by Crippen LogP contribution is 2.11. The van der Waals surface area contributed by atoms with Gasteiger partial charge in [0.1, 0.15) is 0 Å². The number of nitrogens with zero attached hydrogens (tertiary/aromatic N) is 3. The summed E-state index contributed by atoms with van der Waals surface area (Å²) in [4.78, 5) is 16.2. The molecular formula is C15H16N4O2. The van der Waals surface area contributed by atoms with Gasteiger partial charge in [-0.15, -0.1) is 0 Å². The number of aryl methyl sites for hydroxylation is 1. The predicted molar refractivity (Wildman–Crippen MR) is 78.7 cm³/mol. The van der Waals surface area contributed by atoms with E-state index in [9.17, 15) is 4.79 Å². The third-order valence-corrected chi connectivity index (χ3v) is 2.74. The molecule has 2 aromatic heterocycles. The molecule has 0 atom stereocenters. The Labute approximate surface area is 122 Å². The average molecular weight is 284 g/mol. The maximum absolute atomic E-state index is 12.3. The number of aliphatic hydroxyl groups is 1.